The smallest absolute Gasteiger partial charge is 0.243 e. The second-order valence-corrected chi connectivity index (χ2v) is 7.51. The van der Waals surface area contributed by atoms with Crippen molar-refractivity contribution in [2.45, 2.75) is 17.7 Å². The van der Waals surface area contributed by atoms with Crippen molar-refractivity contribution in [1.82, 2.24) is 9.21 Å². The summed E-state index contributed by atoms with van der Waals surface area (Å²) < 4.78 is 26.5. The van der Waals surface area contributed by atoms with Gasteiger partial charge in [-0.3, -0.25) is 4.79 Å². The molecule has 1 aromatic rings. The first kappa shape index (κ1) is 17.2. The molecule has 0 radical (unpaired) electrons. The van der Waals surface area contributed by atoms with E-state index in [4.69, 9.17) is 17.3 Å². The summed E-state index contributed by atoms with van der Waals surface area (Å²) in [6, 6.07) is 6.21. The van der Waals surface area contributed by atoms with E-state index in [0.29, 0.717) is 50.6 Å². The van der Waals surface area contributed by atoms with Gasteiger partial charge in [-0.1, -0.05) is 17.7 Å². The summed E-state index contributed by atoms with van der Waals surface area (Å²) in [5.41, 5.74) is 5.39. The van der Waals surface area contributed by atoms with E-state index in [2.05, 4.69) is 0 Å². The van der Waals surface area contributed by atoms with Crippen molar-refractivity contribution in [2.24, 2.45) is 5.73 Å². The van der Waals surface area contributed by atoms with E-state index in [0.717, 1.165) is 0 Å². The fourth-order valence-corrected chi connectivity index (χ4v) is 4.09. The van der Waals surface area contributed by atoms with Gasteiger partial charge in [0.15, 0.2) is 0 Å². The summed E-state index contributed by atoms with van der Waals surface area (Å²) in [4.78, 5) is 13.8. The molecule has 0 aromatic heterocycles. The van der Waals surface area contributed by atoms with E-state index < -0.39 is 10.0 Å². The number of piperazine rings is 1. The summed E-state index contributed by atoms with van der Waals surface area (Å²) in [7, 11) is -3.56. The van der Waals surface area contributed by atoms with Gasteiger partial charge in [-0.15, -0.1) is 0 Å². The molecule has 1 aromatic carbocycles. The van der Waals surface area contributed by atoms with Gasteiger partial charge in [-0.2, -0.15) is 4.31 Å². The Labute approximate surface area is 135 Å². The van der Waals surface area contributed by atoms with Crippen LogP contribution in [0.1, 0.15) is 12.8 Å². The third kappa shape index (κ3) is 3.98. The first-order valence-electron chi connectivity index (χ1n) is 7.18. The number of carbonyl (C=O) groups excluding carboxylic acids is 1. The van der Waals surface area contributed by atoms with E-state index in [1.54, 1.807) is 17.0 Å². The van der Waals surface area contributed by atoms with Gasteiger partial charge >= 0.3 is 0 Å². The predicted molar refractivity (Wildman–Crippen MR) is 85.1 cm³/mol. The largest absolute Gasteiger partial charge is 0.340 e. The van der Waals surface area contributed by atoms with Crippen LogP contribution in [0.15, 0.2) is 29.2 Å². The lowest BCUT2D eigenvalue weighted by Gasteiger charge is -2.34. The molecule has 8 heteroatoms. The Morgan fingerprint density at radius 1 is 1.23 bits per heavy atom. The van der Waals surface area contributed by atoms with E-state index in [9.17, 15) is 13.2 Å². The predicted octanol–water partition coefficient (Wildman–Crippen LogP) is 0.912. The van der Waals surface area contributed by atoms with Gasteiger partial charge in [0, 0.05) is 37.6 Å². The molecule has 2 rings (SSSR count). The normalized spacial score (nSPS) is 16.7. The number of benzene rings is 1. The van der Waals surface area contributed by atoms with Crippen molar-refractivity contribution >= 4 is 27.5 Å². The van der Waals surface area contributed by atoms with E-state index in [1.807, 2.05) is 0 Å². The molecule has 1 aliphatic rings. The second-order valence-electron chi connectivity index (χ2n) is 5.13. The molecule has 122 valence electrons. The number of sulfonamides is 1. The average Bonchev–Trinajstić information content (AvgIpc) is 2.52. The van der Waals surface area contributed by atoms with Crippen LogP contribution < -0.4 is 5.73 Å². The third-order valence-electron chi connectivity index (χ3n) is 3.62. The molecule has 0 saturated carbocycles. The molecular formula is C14H20ClN3O3S. The summed E-state index contributed by atoms with van der Waals surface area (Å²) in [6.45, 7) is 1.88. The first-order valence-corrected chi connectivity index (χ1v) is 9.00. The summed E-state index contributed by atoms with van der Waals surface area (Å²) in [6.07, 6.45) is 1.07. The van der Waals surface area contributed by atoms with Crippen molar-refractivity contribution in [2.75, 3.05) is 32.7 Å². The summed E-state index contributed by atoms with van der Waals surface area (Å²) in [5.74, 6) is 0.0326. The van der Waals surface area contributed by atoms with Crippen molar-refractivity contribution < 1.29 is 13.2 Å². The lowest BCUT2D eigenvalue weighted by molar-refractivity contribution is -0.132. The lowest BCUT2D eigenvalue weighted by atomic mass is 10.2. The van der Waals surface area contributed by atoms with Crippen LogP contribution in [0.5, 0.6) is 0 Å². The molecule has 2 N–H and O–H groups in total. The SMILES string of the molecule is NCCCC(=O)N1CCN(S(=O)(=O)c2cccc(Cl)c2)CC1. The van der Waals surface area contributed by atoms with Gasteiger partial charge in [0.2, 0.25) is 15.9 Å². The zero-order chi connectivity index (χ0) is 16.2. The quantitative estimate of drug-likeness (QED) is 0.859. The molecule has 0 unspecified atom stereocenters. The molecule has 0 aliphatic carbocycles. The maximum atomic E-state index is 12.5. The summed E-state index contributed by atoms with van der Waals surface area (Å²) in [5, 5.41) is 0.386. The number of hydrogen-bond donors (Lipinski definition) is 1. The monoisotopic (exact) mass is 345 g/mol. The van der Waals surface area contributed by atoms with Crippen LogP contribution in [0, 0.1) is 0 Å². The molecule has 1 saturated heterocycles. The molecule has 6 nitrogen and oxygen atoms in total. The Morgan fingerprint density at radius 2 is 1.91 bits per heavy atom. The van der Waals surface area contributed by atoms with E-state index >= 15 is 0 Å². The van der Waals surface area contributed by atoms with Crippen molar-refractivity contribution in [1.29, 1.82) is 0 Å². The highest BCUT2D eigenvalue weighted by atomic mass is 35.5. The third-order valence-corrected chi connectivity index (χ3v) is 5.75. The number of halogens is 1. The number of hydrogen-bond acceptors (Lipinski definition) is 4. The second kappa shape index (κ2) is 7.41. The number of carbonyl (C=O) groups is 1. The van der Waals surface area contributed by atoms with Gasteiger partial charge in [0.05, 0.1) is 4.90 Å². The van der Waals surface area contributed by atoms with E-state index in [-0.39, 0.29) is 10.8 Å². The molecule has 22 heavy (non-hydrogen) atoms. The van der Waals surface area contributed by atoms with Crippen molar-refractivity contribution in [3.63, 3.8) is 0 Å². The fraction of sp³-hybridized carbons (Fsp3) is 0.500. The minimum absolute atomic E-state index is 0.0326. The number of amides is 1. The number of nitrogens with two attached hydrogens (primary N) is 1. The Hall–Kier alpha value is -1.15. The molecule has 1 heterocycles. The minimum atomic E-state index is -3.56. The summed E-state index contributed by atoms with van der Waals surface area (Å²) >= 11 is 5.86. The van der Waals surface area contributed by atoms with Crippen LogP contribution in [-0.4, -0.2) is 56.3 Å². The molecule has 0 spiro atoms. The van der Waals surface area contributed by atoms with Gasteiger partial charge in [-0.25, -0.2) is 8.42 Å². The van der Waals surface area contributed by atoms with Gasteiger partial charge in [-0.05, 0) is 31.2 Å². The maximum Gasteiger partial charge on any atom is 0.243 e. The van der Waals surface area contributed by atoms with Crippen LogP contribution in [0.25, 0.3) is 0 Å². The van der Waals surface area contributed by atoms with Crippen LogP contribution in [0.3, 0.4) is 0 Å². The van der Waals surface area contributed by atoms with Crippen LogP contribution in [0.4, 0.5) is 0 Å². The first-order chi connectivity index (χ1) is 10.4. The van der Waals surface area contributed by atoms with Gasteiger partial charge in [0.25, 0.3) is 0 Å². The lowest BCUT2D eigenvalue weighted by Crippen LogP contribution is -2.50. The molecule has 1 amide bonds. The van der Waals surface area contributed by atoms with Crippen LogP contribution >= 0.6 is 11.6 Å². The minimum Gasteiger partial charge on any atom is -0.340 e. The van der Waals surface area contributed by atoms with Gasteiger partial charge in [0.1, 0.15) is 0 Å². The van der Waals surface area contributed by atoms with Crippen molar-refractivity contribution in [3.8, 4) is 0 Å². The highest BCUT2D eigenvalue weighted by Crippen LogP contribution is 2.21. The van der Waals surface area contributed by atoms with E-state index in [1.165, 1.54) is 16.4 Å². The molecule has 1 fully saturated rings. The van der Waals surface area contributed by atoms with Gasteiger partial charge < -0.3 is 10.6 Å². The van der Waals surface area contributed by atoms with Crippen LogP contribution in [-0.2, 0) is 14.8 Å². The number of nitrogens with zero attached hydrogens (tertiary/aromatic N) is 2. The Balaban J connectivity index is 2.00. The fourth-order valence-electron chi connectivity index (χ4n) is 2.37. The van der Waals surface area contributed by atoms with Crippen molar-refractivity contribution in [3.05, 3.63) is 29.3 Å². The highest BCUT2D eigenvalue weighted by molar-refractivity contribution is 7.89. The molecule has 0 bridgehead atoms. The topological polar surface area (TPSA) is 83.7 Å². The molecule has 0 atom stereocenters. The molecular weight excluding hydrogens is 326 g/mol. The Bertz CT molecular complexity index is 628. The maximum absolute atomic E-state index is 12.5. The molecule has 1 aliphatic heterocycles. The highest BCUT2D eigenvalue weighted by Gasteiger charge is 2.29. The standard InChI is InChI=1S/C14H20ClN3O3S/c15-12-3-1-4-13(11-12)22(20,21)18-9-7-17(8-10-18)14(19)5-2-6-16/h1,3-4,11H,2,5-10,16H2. The zero-order valence-corrected chi connectivity index (χ0v) is 13.8. The average molecular weight is 346 g/mol. The zero-order valence-electron chi connectivity index (χ0n) is 12.2. The van der Waals surface area contributed by atoms with Crippen LogP contribution in [0.2, 0.25) is 5.02 Å². The Morgan fingerprint density at radius 3 is 2.50 bits per heavy atom. The Kier molecular flexibility index (Phi) is 5.80. The number of rotatable bonds is 5.